The molecular weight excluding hydrogens is 506 g/mol. The van der Waals surface area contributed by atoms with Gasteiger partial charge in [0.2, 0.25) is 5.75 Å². The fourth-order valence-electron chi connectivity index (χ4n) is 6.01. The number of para-hydroxylation sites is 2. The Kier molecular flexibility index (Phi) is 7.26. The van der Waals surface area contributed by atoms with Gasteiger partial charge in [-0.1, -0.05) is 24.3 Å². The molecular formula is C32H35N3O5. The Morgan fingerprint density at radius 3 is 2.15 bits per heavy atom. The molecule has 208 valence electrons. The minimum Gasteiger partial charge on any atom is -0.493 e. The van der Waals surface area contributed by atoms with Gasteiger partial charge in [-0.15, -0.1) is 0 Å². The molecule has 40 heavy (non-hydrogen) atoms. The zero-order chi connectivity index (χ0) is 27.6. The van der Waals surface area contributed by atoms with Crippen LogP contribution in [-0.4, -0.2) is 53.4 Å². The van der Waals surface area contributed by atoms with Crippen LogP contribution in [0.2, 0.25) is 0 Å². The number of hydrogen-bond donors (Lipinski definition) is 2. The van der Waals surface area contributed by atoms with Gasteiger partial charge in [-0.2, -0.15) is 0 Å². The van der Waals surface area contributed by atoms with Gasteiger partial charge in [0.05, 0.1) is 52.0 Å². The molecule has 1 fully saturated rings. The van der Waals surface area contributed by atoms with Gasteiger partial charge >= 0.3 is 0 Å². The van der Waals surface area contributed by atoms with Gasteiger partial charge in [0, 0.05) is 36.5 Å². The normalized spacial score (nSPS) is 20.5. The standard InChI is InChI=1S/C32H35N3O5/c1-37-28-18-22(19-29(38-2)32(28)39-3)21-16-26-30(27(36)17-21)31(34-25-7-5-4-6-24(25)33-26)20-8-10-23(11-9-20)35-12-14-40-15-13-35/h4-11,18-19,21,31,33-34H,12-17H2,1-3H3. The lowest BCUT2D eigenvalue weighted by Gasteiger charge is -2.31. The quantitative estimate of drug-likeness (QED) is 0.422. The summed E-state index contributed by atoms with van der Waals surface area (Å²) in [4.78, 5) is 16.3. The van der Waals surface area contributed by atoms with Crippen LogP contribution >= 0.6 is 0 Å². The second-order valence-electron chi connectivity index (χ2n) is 10.3. The predicted molar refractivity (Wildman–Crippen MR) is 156 cm³/mol. The smallest absolute Gasteiger partial charge is 0.203 e. The van der Waals surface area contributed by atoms with E-state index in [4.69, 9.17) is 18.9 Å². The molecule has 2 atom stereocenters. The zero-order valence-electron chi connectivity index (χ0n) is 23.2. The second kappa shape index (κ2) is 11.1. The van der Waals surface area contributed by atoms with Crippen LogP contribution in [0.4, 0.5) is 17.1 Å². The lowest BCUT2D eigenvalue weighted by Crippen LogP contribution is -2.36. The molecule has 8 nitrogen and oxygen atoms in total. The first-order chi connectivity index (χ1) is 19.6. The number of nitrogens with one attached hydrogen (secondary N) is 2. The number of hydrogen-bond acceptors (Lipinski definition) is 8. The predicted octanol–water partition coefficient (Wildman–Crippen LogP) is 5.53. The van der Waals surface area contributed by atoms with Crippen molar-refractivity contribution in [1.29, 1.82) is 0 Å². The Hall–Kier alpha value is -4.17. The van der Waals surface area contributed by atoms with Crippen molar-refractivity contribution < 1.29 is 23.7 Å². The molecule has 2 aliphatic heterocycles. The molecule has 2 heterocycles. The topological polar surface area (TPSA) is 81.3 Å². The van der Waals surface area contributed by atoms with Gasteiger partial charge in [-0.05, 0) is 59.9 Å². The molecule has 8 heteroatoms. The van der Waals surface area contributed by atoms with Crippen LogP contribution in [0.5, 0.6) is 17.2 Å². The Morgan fingerprint density at radius 2 is 1.50 bits per heavy atom. The van der Waals surface area contributed by atoms with Crippen LogP contribution in [0.1, 0.15) is 35.9 Å². The summed E-state index contributed by atoms with van der Waals surface area (Å²) in [5, 5.41) is 7.30. The number of rotatable bonds is 6. The molecule has 0 amide bonds. The van der Waals surface area contributed by atoms with Crippen molar-refractivity contribution in [3.63, 3.8) is 0 Å². The van der Waals surface area contributed by atoms with Crippen LogP contribution < -0.4 is 29.7 Å². The minimum atomic E-state index is -0.265. The van der Waals surface area contributed by atoms with Gasteiger partial charge in [0.1, 0.15) is 0 Å². The summed E-state index contributed by atoms with van der Waals surface area (Å²) in [6.45, 7) is 3.25. The van der Waals surface area contributed by atoms with Crippen molar-refractivity contribution in [2.24, 2.45) is 0 Å². The third-order valence-electron chi connectivity index (χ3n) is 8.07. The third-order valence-corrected chi connectivity index (χ3v) is 8.07. The van der Waals surface area contributed by atoms with E-state index in [0.717, 1.165) is 60.1 Å². The molecule has 3 aliphatic rings. The summed E-state index contributed by atoms with van der Waals surface area (Å²) in [7, 11) is 4.81. The van der Waals surface area contributed by atoms with E-state index in [1.807, 2.05) is 30.3 Å². The average molecular weight is 542 g/mol. The fraction of sp³-hybridized carbons (Fsp3) is 0.344. The van der Waals surface area contributed by atoms with Gasteiger partial charge in [0.25, 0.3) is 0 Å². The van der Waals surface area contributed by atoms with Gasteiger partial charge in [-0.3, -0.25) is 4.79 Å². The molecule has 3 aromatic rings. The average Bonchev–Trinajstić information content (AvgIpc) is 3.18. The maximum Gasteiger partial charge on any atom is 0.203 e. The molecule has 0 saturated carbocycles. The molecule has 0 aromatic heterocycles. The molecule has 3 aromatic carbocycles. The number of nitrogens with zero attached hydrogens (tertiary/aromatic N) is 1. The molecule has 1 aliphatic carbocycles. The number of anilines is 3. The number of Topliss-reactive ketones (excluding diaryl/α,β-unsaturated/α-hetero) is 1. The highest BCUT2D eigenvalue weighted by Crippen LogP contribution is 2.47. The maximum absolute atomic E-state index is 14.0. The number of morpholine rings is 1. The summed E-state index contributed by atoms with van der Waals surface area (Å²) < 4.78 is 22.2. The summed E-state index contributed by atoms with van der Waals surface area (Å²) >= 11 is 0. The van der Waals surface area contributed by atoms with Gasteiger partial charge in [-0.25, -0.2) is 0 Å². The van der Waals surface area contributed by atoms with Gasteiger partial charge < -0.3 is 34.5 Å². The number of fused-ring (bicyclic) bond motifs is 1. The zero-order valence-corrected chi connectivity index (χ0v) is 23.2. The molecule has 0 bridgehead atoms. The number of carbonyl (C=O) groups is 1. The Bertz CT molecular complexity index is 1400. The highest BCUT2D eigenvalue weighted by atomic mass is 16.5. The van der Waals surface area contributed by atoms with E-state index in [9.17, 15) is 4.79 Å². The number of ether oxygens (including phenoxy) is 4. The highest BCUT2D eigenvalue weighted by molar-refractivity contribution is 6.01. The van der Waals surface area contributed by atoms with Crippen molar-refractivity contribution in [1.82, 2.24) is 0 Å². The molecule has 2 N–H and O–H groups in total. The Morgan fingerprint density at radius 1 is 0.825 bits per heavy atom. The third kappa shape index (κ3) is 4.84. The maximum atomic E-state index is 14.0. The second-order valence-corrected chi connectivity index (χ2v) is 10.3. The van der Waals surface area contributed by atoms with E-state index in [0.29, 0.717) is 30.1 Å². The summed E-state index contributed by atoms with van der Waals surface area (Å²) in [6.07, 6.45) is 1.07. The molecule has 1 saturated heterocycles. The van der Waals surface area contributed by atoms with E-state index >= 15 is 0 Å². The summed E-state index contributed by atoms with van der Waals surface area (Å²) in [5.41, 5.74) is 6.87. The molecule has 2 unspecified atom stereocenters. The van der Waals surface area contributed by atoms with E-state index in [2.05, 4.69) is 45.9 Å². The lowest BCUT2D eigenvalue weighted by molar-refractivity contribution is -0.116. The van der Waals surface area contributed by atoms with Crippen LogP contribution in [0.3, 0.4) is 0 Å². The van der Waals surface area contributed by atoms with Crippen molar-refractivity contribution >= 4 is 22.8 Å². The number of ketones is 1. The Balaban J connectivity index is 1.38. The summed E-state index contributed by atoms with van der Waals surface area (Å²) in [5.74, 6) is 1.80. The van der Waals surface area contributed by atoms with Crippen molar-refractivity contribution in [2.75, 3.05) is 63.2 Å². The largest absolute Gasteiger partial charge is 0.493 e. The minimum absolute atomic E-state index is 0.0398. The first-order valence-corrected chi connectivity index (χ1v) is 13.7. The lowest BCUT2D eigenvalue weighted by atomic mass is 9.78. The SMILES string of the molecule is COc1cc(C2CC(=O)C3=C(C2)Nc2ccccc2NC3c2ccc(N3CCOCC3)cc2)cc(OC)c1OC. The van der Waals surface area contributed by atoms with Crippen LogP contribution in [0.15, 0.2) is 71.9 Å². The van der Waals surface area contributed by atoms with Crippen molar-refractivity contribution in [2.45, 2.75) is 24.8 Å². The van der Waals surface area contributed by atoms with E-state index < -0.39 is 0 Å². The number of carbonyl (C=O) groups excluding carboxylic acids is 1. The van der Waals surface area contributed by atoms with Crippen LogP contribution in [0.25, 0.3) is 0 Å². The Labute approximate surface area is 234 Å². The van der Waals surface area contributed by atoms with E-state index in [1.165, 1.54) is 5.69 Å². The number of allylic oxidation sites excluding steroid dienone is 1. The van der Waals surface area contributed by atoms with E-state index in [-0.39, 0.29) is 17.7 Å². The highest BCUT2D eigenvalue weighted by Gasteiger charge is 2.36. The first kappa shape index (κ1) is 26.1. The molecule has 0 radical (unpaired) electrons. The first-order valence-electron chi connectivity index (χ1n) is 13.7. The van der Waals surface area contributed by atoms with Crippen molar-refractivity contribution in [3.8, 4) is 17.2 Å². The number of benzene rings is 3. The fourth-order valence-corrected chi connectivity index (χ4v) is 6.01. The molecule has 0 spiro atoms. The van der Waals surface area contributed by atoms with Gasteiger partial charge in [0.15, 0.2) is 17.3 Å². The monoisotopic (exact) mass is 541 g/mol. The van der Waals surface area contributed by atoms with Crippen LogP contribution in [0, 0.1) is 0 Å². The van der Waals surface area contributed by atoms with E-state index in [1.54, 1.807) is 21.3 Å². The number of methoxy groups -OCH3 is 3. The summed E-state index contributed by atoms with van der Waals surface area (Å²) in [6, 6.07) is 20.3. The molecule has 6 rings (SSSR count). The van der Waals surface area contributed by atoms with Crippen LogP contribution in [-0.2, 0) is 9.53 Å². The van der Waals surface area contributed by atoms with Crippen molar-refractivity contribution in [3.05, 3.63) is 83.1 Å².